The van der Waals surface area contributed by atoms with Gasteiger partial charge in [0.1, 0.15) is 5.82 Å². The monoisotopic (exact) mass is 308 g/mol. The highest BCUT2D eigenvalue weighted by atomic mass is 35.5. The second kappa shape index (κ2) is 5.38. The van der Waals surface area contributed by atoms with Crippen LogP contribution in [0, 0.1) is 0 Å². The lowest BCUT2D eigenvalue weighted by Crippen LogP contribution is -2.12. The molecule has 1 saturated carbocycles. The van der Waals surface area contributed by atoms with Crippen LogP contribution in [0.25, 0.3) is 0 Å². The number of hydrogen-bond acceptors (Lipinski definition) is 5. The third-order valence-corrected chi connectivity index (χ3v) is 4.14. The van der Waals surface area contributed by atoms with E-state index in [-0.39, 0.29) is 5.91 Å². The van der Waals surface area contributed by atoms with Gasteiger partial charge >= 0.3 is 0 Å². The van der Waals surface area contributed by atoms with E-state index in [0.717, 1.165) is 5.69 Å². The highest BCUT2D eigenvalue weighted by molar-refractivity contribution is 7.14. The van der Waals surface area contributed by atoms with E-state index >= 15 is 0 Å². The topological polar surface area (TPSA) is 66.9 Å². The van der Waals surface area contributed by atoms with E-state index in [9.17, 15) is 4.79 Å². The largest absolute Gasteiger partial charge is 0.372 e. The predicted octanol–water partition coefficient (Wildman–Crippen LogP) is 3.36. The summed E-state index contributed by atoms with van der Waals surface area (Å²) in [7, 11) is 1.73. The van der Waals surface area contributed by atoms with Gasteiger partial charge in [-0.3, -0.25) is 10.1 Å². The molecule has 2 aromatic rings. The van der Waals surface area contributed by atoms with E-state index in [1.165, 1.54) is 30.4 Å². The first-order valence-corrected chi connectivity index (χ1v) is 7.53. The van der Waals surface area contributed by atoms with Crippen molar-refractivity contribution in [3.05, 3.63) is 33.9 Å². The second-order valence-corrected chi connectivity index (χ2v) is 5.88. The summed E-state index contributed by atoms with van der Waals surface area (Å²) >= 11 is 7.46. The SMILES string of the molecule is CNc1ncc(C(=O)Nc2nc(C3CC3)cs2)cc1Cl. The van der Waals surface area contributed by atoms with Gasteiger partial charge in [-0.2, -0.15) is 0 Å². The summed E-state index contributed by atoms with van der Waals surface area (Å²) < 4.78 is 0. The Bertz CT molecular complexity index is 654. The maximum absolute atomic E-state index is 12.1. The van der Waals surface area contributed by atoms with Gasteiger partial charge in [-0.1, -0.05) is 11.6 Å². The van der Waals surface area contributed by atoms with E-state index < -0.39 is 0 Å². The number of pyridine rings is 1. The minimum atomic E-state index is -0.251. The zero-order valence-corrected chi connectivity index (χ0v) is 12.4. The molecule has 0 radical (unpaired) electrons. The van der Waals surface area contributed by atoms with Gasteiger partial charge in [0.15, 0.2) is 5.13 Å². The van der Waals surface area contributed by atoms with E-state index in [4.69, 9.17) is 11.6 Å². The summed E-state index contributed by atoms with van der Waals surface area (Å²) in [6, 6.07) is 1.59. The number of halogens is 1. The lowest BCUT2D eigenvalue weighted by molar-refractivity contribution is 0.102. The van der Waals surface area contributed by atoms with Crippen molar-refractivity contribution in [1.82, 2.24) is 9.97 Å². The minimum Gasteiger partial charge on any atom is -0.372 e. The smallest absolute Gasteiger partial charge is 0.259 e. The molecule has 0 spiro atoms. The Morgan fingerprint density at radius 1 is 1.50 bits per heavy atom. The number of rotatable bonds is 4. The molecule has 2 aromatic heterocycles. The molecule has 1 fully saturated rings. The fraction of sp³-hybridized carbons (Fsp3) is 0.308. The number of nitrogens with zero attached hydrogens (tertiary/aromatic N) is 2. The Labute approximate surface area is 125 Å². The van der Waals surface area contributed by atoms with Crippen LogP contribution < -0.4 is 10.6 Å². The molecule has 3 rings (SSSR count). The van der Waals surface area contributed by atoms with Crippen molar-refractivity contribution in [3.63, 3.8) is 0 Å². The van der Waals surface area contributed by atoms with Crippen molar-refractivity contribution in [2.24, 2.45) is 0 Å². The number of aromatic nitrogens is 2. The third kappa shape index (κ3) is 2.76. The Hall–Kier alpha value is -1.66. The van der Waals surface area contributed by atoms with E-state index in [1.807, 2.05) is 5.38 Å². The van der Waals surface area contributed by atoms with Gasteiger partial charge < -0.3 is 5.32 Å². The first-order valence-electron chi connectivity index (χ1n) is 6.27. The van der Waals surface area contributed by atoms with Gasteiger partial charge in [0.25, 0.3) is 5.91 Å². The van der Waals surface area contributed by atoms with Crippen molar-refractivity contribution in [3.8, 4) is 0 Å². The van der Waals surface area contributed by atoms with Crippen LogP contribution in [0.4, 0.5) is 10.9 Å². The van der Waals surface area contributed by atoms with E-state index in [1.54, 1.807) is 13.1 Å². The molecule has 0 atom stereocenters. The molecule has 2 N–H and O–H groups in total. The van der Waals surface area contributed by atoms with Gasteiger partial charge in [0.2, 0.25) is 0 Å². The summed E-state index contributed by atoms with van der Waals surface area (Å²) in [5.41, 5.74) is 1.49. The Morgan fingerprint density at radius 2 is 2.30 bits per heavy atom. The quantitative estimate of drug-likeness (QED) is 0.909. The first-order chi connectivity index (χ1) is 9.67. The second-order valence-electron chi connectivity index (χ2n) is 4.61. The normalized spacial score (nSPS) is 14.1. The molecular formula is C13H13ClN4OS. The Kier molecular flexibility index (Phi) is 3.58. The van der Waals surface area contributed by atoms with Crippen LogP contribution in [0.5, 0.6) is 0 Å². The number of amides is 1. The Morgan fingerprint density at radius 3 is 2.95 bits per heavy atom. The maximum atomic E-state index is 12.1. The molecule has 1 aliphatic rings. The van der Waals surface area contributed by atoms with Gasteiger partial charge in [0.05, 0.1) is 16.3 Å². The molecule has 0 bridgehead atoms. The van der Waals surface area contributed by atoms with Crippen LogP contribution in [-0.2, 0) is 0 Å². The van der Waals surface area contributed by atoms with E-state index in [2.05, 4.69) is 20.6 Å². The van der Waals surface area contributed by atoms with Crippen LogP contribution in [0.2, 0.25) is 5.02 Å². The minimum absolute atomic E-state index is 0.251. The van der Waals surface area contributed by atoms with Crippen LogP contribution >= 0.6 is 22.9 Å². The van der Waals surface area contributed by atoms with Crippen LogP contribution in [0.3, 0.4) is 0 Å². The molecule has 1 amide bonds. The summed E-state index contributed by atoms with van der Waals surface area (Å²) in [6.07, 6.45) is 3.88. The van der Waals surface area contributed by atoms with Crippen molar-refractivity contribution < 1.29 is 4.79 Å². The third-order valence-electron chi connectivity index (χ3n) is 3.08. The molecule has 104 valence electrons. The van der Waals surface area contributed by atoms with Gasteiger partial charge in [-0.25, -0.2) is 9.97 Å². The van der Waals surface area contributed by atoms with Crippen LogP contribution in [0.1, 0.15) is 34.8 Å². The number of thiazole rings is 1. The molecule has 0 saturated heterocycles. The summed E-state index contributed by atoms with van der Waals surface area (Å²) in [4.78, 5) is 20.6. The molecule has 0 unspecified atom stereocenters. The molecule has 7 heteroatoms. The fourth-order valence-electron chi connectivity index (χ4n) is 1.83. The average molecular weight is 309 g/mol. The van der Waals surface area contributed by atoms with Crippen molar-refractivity contribution >= 4 is 39.8 Å². The van der Waals surface area contributed by atoms with Crippen molar-refractivity contribution in [2.75, 3.05) is 17.7 Å². The lowest BCUT2D eigenvalue weighted by Gasteiger charge is -2.05. The standard InChI is InChI=1S/C13H13ClN4OS/c1-15-11-9(14)4-8(5-16-11)12(19)18-13-17-10(6-20-13)7-2-3-7/h4-7H,2-3H2,1H3,(H,15,16)(H,17,18,19). The highest BCUT2D eigenvalue weighted by Crippen LogP contribution is 2.40. The maximum Gasteiger partial charge on any atom is 0.259 e. The molecular weight excluding hydrogens is 296 g/mol. The fourth-order valence-corrected chi connectivity index (χ4v) is 2.87. The molecule has 1 aliphatic carbocycles. The van der Waals surface area contributed by atoms with Crippen LogP contribution in [-0.4, -0.2) is 22.9 Å². The van der Waals surface area contributed by atoms with Crippen molar-refractivity contribution in [1.29, 1.82) is 0 Å². The number of nitrogens with one attached hydrogen (secondary N) is 2. The van der Waals surface area contributed by atoms with Crippen LogP contribution in [0.15, 0.2) is 17.6 Å². The molecule has 0 aliphatic heterocycles. The number of carbonyl (C=O) groups is 1. The molecule has 2 heterocycles. The average Bonchev–Trinajstić information content (AvgIpc) is 3.19. The predicted molar refractivity (Wildman–Crippen MR) is 80.8 cm³/mol. The first kappa shape index (κ1) is 13.3. The van der Waals surface area contributed by atoms with Gasteiger partial charge in [-0.05, 0) is 18.9 Å². The molecule has 20 heavy (non-hydrogen) atoms. The Balaban J connectivity index is 1.72. The van der Waals surface area contributed by atoms with Gasteiger partial charge in [0, 0.05) is 24.5 Å². The van der Waals surface area contributed by atoms with Gasteiger partial charge in [-0.15, -0.1) is 11.3 Å². The van der Waals surface area contributed by atoms with E-state index in [0.29, 0.717) is 27.5 Å². The molecule has 5 nitrogen and oxygen atoms in total. The summed E-state index contributed by atoms with van der Waals surface area (Å²) in [5.74, 6) is 0.884. The zero-order valence-electron chi connectivity index (χ0n) is 10.8. The number of hydrogen-bond donors (Lipinski definition) is 2. The highest BCUT2D eigenvalue weighted by Gasteiger charge is 2.26. The summed E-state index contributed by atoms with van der Waals surface area (Å²) in [6.45, 7) is 0. The number of anilines is 2. The number of carbonyl (C=O) groups excluding carboxylic acids is 1. The lowest BCUT2D eigenvalue weighted by atomic mass is 10.2. The summed E-state index contributed by atoms with van der Waals surface area (Å²) in [5, 5.41) is 8.66. The molecule has 0 aromatic carbocycles. The zero-order chi connectivity index (χ0) is 14.1. The van der Waals surface area contributed by atoms with Crippen molar-refractivity contribution in [2.45, 2.75) is 18.8 Å².